The van der Waals surface area contributed by atoms with Crippen LogP contribution < -0.4 is 21.2 Å². The fraction of sp³-hybridized carbons (Fsp3) is 0.543. The van der Waals surface area contributed by atoms with E-state index >= 15 is 0 Å². The van der Waals surface area contributed by atoms with Gasteiger partial charge in [0.1, 0.15) is 17.9 Å². The number of fused-ring (bicyclic) bond motifs is 4. The quantitative estimate of drug-likeness (QED) is 0.354. The predicted molar refractivity (Wildman–Crippen MR) is 183 cm³/mol. The number of hydrazine groups is 2. The summed E-state index contributed by atoms with van der Waals surface area (Å²) in [4.78, 5) is 68.9. The number of pyridine rings is 1. The van der Waals surface area contributed by atoms with E-state index in [0.717, 1.165) is 16.5 Å². The molecule has 13 heteroatoms. The number of carboxylic acid groups (broad SMARTS) is 1. The zero-order valence-electron chi connectivity index (χ0n) is 28.7. The molecular formula is C35H49N7O6. The maximum Gasteiger partial charge on any atom is 0.290 e. The molecule has 3 unspecified atom stereocenters. The Bertz CT molecular complexity index is 1530. The zero-order chi connectivity index (χ0) is 35.2. The van der Waals surface area contributed by atoms with Crippen molar-refractivity contribution in [2.24, 2.45) is 23.2 Å². The molecule has 3 aliphatic rings. The van der Waals surface area contributed by atoms with Crippen molar-refractivity contribution < 1.29 is 29.1 Å². The summed E-state index contributed by atoms with van der Waals surface area (Å²) in [6, 6.07) is 8.48. The molecule has 2 saturated heterocycles. The first-order valence-electron chi connectivity index (χ1n) is 16.7. The van der Waals surface area contributed by atoms with Gasteiger partial charge in [0.2, 0.25) is 11.8 Å². The van der Waals surface area contributed by atoms with Gasteiger partial charge >= 0.3 is 0 Å². The molecule has 0 radical (unpaired) electrons. The monoisotopic (exact) mass is 663 g/mol. The summed E-state index contributed by atoms with van der Waals surface area (Å²) in [5, 5.41) is 13.9. The highest BCUT2D eigenvalue weighted by Crippen LogP contribution is 2.45. The second-order valence-electron chi connectivity index (χ2n) is 13.6. The third-order valence-electron chi connectivity index (χ3n) is 9.50. The summed E-state index contributed by atoms with van der Waals surface area (Å²) in [7, 11) is 1.74. The van der Waals surface area contributed by atoms with Gasteiger partial charge < -0.3 is 15.3 Å². The van der Waals surface area contributed by atoms with Gasteiger partial charge in [-0.1, -0.05) is 52.0 Å². The minimum Gasteiger partial charge on any atom is -0.483 e. The second kappa shape index (κ2) is 15.6. The average molecular weight is 664 g/mol. The second-order valence-corrected chi connectivity index (χ2v) is 13.6. The van der Waals surface area contributed by atoms with E-state index < -0.39 is 23.4 Å². The lowest BCUT2D eigenvalue weighted by molar-refractivity contribution is -0.145. The fourth-order valence-electron chi connectivity index (χ4n) is 7.03. The van der Waals surface area contributed by atoms with Crippen molar-refractivity contribution in [3.05, 3.63) is 42.0 Å². The molecule has 0 aliphatic carbocycles. The molecule has 2 fully saturated rings. The zero-order valence-corrected chi connectivity index (χ0v) is 28.7. The van der Waals surface area contributed by atoms with Gasteiger partial charge in [-0.2, -0.15) is 0 Å². The van der Waals surface area contributed by atoms with Crippen LogP contribution in [0.3, 0.4) is 0 Å². The van der Waals surface area contributed by atoms with E-state index in [9.17, 15) is 19.2 Å². The number of allylic oxidation sites excluding steroid dienone is 1. The largest absolute Gasteiger partial charge is 0.483 e. The minimum atomic E-state index is -0.797. The molecule has 260 valence electrons. The Kier molecular flexibility index (Phi) is 11.8. The number of piperidine rings is 1. The van der Waals surface area contributed by atoms with E-state index in [4.69, 9.17) is 14.9 Å². The maximum atomic E-state index is 14.2. The van der Waals surface area contributed by atoms with Crippen LogP contribution in [-0.2, 0) is 24.0 Å². The first-order chi connectivity index (χ1) is 22.8. The van der Waals surface area contributed by atoms with E-state index in [2.05, 4.69) is 28.3 Å². The third kappa shape index (κ3) is 8.12. The van der Waals surface area contributed by atoms with Gasteiger partial charge in [-0.05, 0) is 62.3 Å². The Morgan fingerprint density at radius 3 is 2.35 bits per heavy atom. The van der Waals surface area contributed by atoms with Crippen molar-refractivity contribution >= 4 is 52.9 Å². The van der Waals surface area contributed by atoms with Crippen molar-refractivity contribution in [1.82, 2.24) is 31.1 Å². The van der Waals surface area contributed by atoms with Crippen molar-refractivity contribution in [1.29, 1.82) is 0 Å². The molecule has 5 bridgehead atoms. The molecule has 4 N–H and O–H groups in total. The van der Waals surface area contributed by atoms with Crippen LogP contribution in [0.15, 0.2) is 36.4 Å². The average Bonchev–Trinajstić information content (AvgIpc) is 3.06. The van der Waals surface area contributed by atoms with Gasteiger partial charge in [0.15, 0.2) is 0 Å². The highest BCUT2D eigenvalue weighted by Gasteiger charge is 2.46. The number of hydrogen-bond donors (Lipinski definition) is 4. The Morgan fingerprint density at radius 2 is 1.71 bits per heavy atom. The van der Waals surface area contributed by atoms with Crippen LogP contribution in [-0.4, -0.2) is 88.9 Å². The van der Waals surface area contributed by atoms with Crippen LogP contribution in [0.2, 0.25) is 0 Å². The van der Waals surface area contributed by atoms with Gasteiger partial charge in [-0.3, -0.25) is 39.4 Å². The molecular weight excluding hydrogens is 614 g/mol. The number of likely N-dealkylation sites (tertiary alicyclic amines) is 1. The van der Waals surface area contributed by atoms with Gasteiger partial charge in [-0.15, -0.1) is 0 Å². The smallest absolute Gasteiger partial charge is 0.290 e. The van der Waals surface area contributed by atoms with E-state index in [0.29, 0.717) is 51.1 Å². The predicted octanol–water partition coefficient (Wildman–Crippen LogP) is 2.97. The van der Waals surface area contributed by atoms with E-state index in [-0.39, 0.29) is 41.9 Å². The van der Waals surface area contributed by atoms with Gasteiger partial charge in [-0.25, -0.2) is 10.4 Å². The topological polar surface area (TPSA) is 164 Å². The van der Waals surface area contributed by atoms with Crippen molar-refractivity contribution in [2.75, 3.05) is 31.7 Å². The number of benzene rings is 1. The Morgan fingerprint density at radius 1 is 1.04 bits per heavy atom. The first kappa shape index (κ1) is 36.3. The molecule has 3 atom stereocenters. The number of nitrogens with one attached hydrogen (secondary N) is 3. The van der Waals surface area contributed by atoms with Crippen LogP contribution in [0.4, 0.5) is 5.82 Å². The molecule has 0 saturated carbocycles. The molecule has 48 heavy (non-hydrogen) atoms. The molecule has 1 aromatic carbocycles. The standard InChI is InChI=1S/C34H47N7O4.CH2O2/c1-21(2)29-31(43)35-23(5)33(45)41-17-7-8-26(37-41)30(42)38-39(6)28-12-11-25-10-9-24(20-27(25)36-28)13-14-34(29)15-18-40(19-16-34)32(44)22(3)4;2-1-3/h9-14,20-23,26,29,37H,7-8,15-19H2,1-6H3,(H,35,43)(H,38,42);1H,(H,2,3)/b14-13+;. The highest BCUT2D eigenvalue weighted by atomic mass is 16.3. The SMILES string of the molecule is CC(C)C(=O)N1CCC2(/C=C/c3ccc4ccc(nc4c3)N(C)NC(=O)C3CCCN(N3)C(=O)C(C)NC(=O)C2C(C)C)CC1.O=CO. The number of carbonyl (C=O) groups excluding carboxylic acids is 4. The van der Waals surface area contributed by atoms with Gasteiger partial charge in [0, 0.05) is 49.3 Å². The summed E-state index contributed by atoms with van der Waals surface area (Å²) in [5.74, 6) is -0.605. The van der Waals surface area contributed by atoms with Crippen LogP contribution >= 0.6 is 0 Å². The lowest BCUT2D eigenvalue weighted by Gasteiger charge is -2.46. The minimum absolute atomic E-state index is 0.0315. The molecule has 4 amide bonds. The molecule has 13 nitrogen and oxygen atoms in total. The van der Waals surface area contributed by atoms with Crippen LogP contribution in [0.5, 0.6) is 0 Å². The summed E-state index contributed by atoms with van der Waals surface area (Å²) >= 11 is 0. The molecule has 2 aromatic rings. The third-order valence-corrected chi connectivity index (χ3v) is 9.50. The number of hydrogen-bond acceptors (Lipinski definition) is 8. The number of anilines is 1. The summed E-state index contributed by atoms with van der Waals surface area (Å²) in [6.07, 6.45) is 6.69. The molecule has 1 spiro atoms. The van der Waals surface area contributed by atoms with E-state index in [1.165, 1.54) is 5.01 Å². The Labute approximate surface area is 282 Å². The van der Waals surface area contributed by atoms with Crippen molar-refractivity contribution in [2.45, 2.75) is 72.4 Å². The number of amides is 4. The number of carbonyl (C=O) groups is 5. The van der Waals surface area contributed by atoms with E-state index in [1.807, 2.05) is 62.9 Å². The van der Waals surface area contributed by atoms with Gasteiger partial charge in [0.25, 0.3) is 18.3 Å². The van der Waals surface area contributed by atoms with Gasteiger partial charge in [0.05, 0.1) is 5.52 Å². The van der Waals surface area contributed by atoms with Crippen LogP contribution in [0.25, 0.3) is 17.0 Å². The number of aromatic nitrogens is 1. The lowest BCUT2D eigenvalue weighted by Crippen LogP contribution is -2.62. The lowest BCUT2D eigenvalue weighted by atomic mass is 9.64. The first-order valence-corrected chi connectivity index (χ1v) is 16.7. The Hall–Kier alpha value is -4.52. The normalized spacial score (nSPS) is 24.0. The molecule has 3 aliphatic heterocycles. The maximum absolute atomic E-state index is 14.2. The molecule has 5 rings (SSSR count). The summed E-state index contributed by atoms with van der Waals surface area (Å²) in [6.45, 7) is 10.9. The number of nitrogens with zero attached hydrogens (tertiary/aromatic N) is 4. The van der Waals surface area contributed by atoms with E-state index in [1.54, 1.807) is 19.0 Å². The highest BCUT2D eigenvalue weighted by molar-refractivity contribution is 5.90. The number of rotatable bonds is 2. The van der Waals surface area contributed by atoms with Crippen LogP contribution in [0.1, 0.15) is 65.9 Å². The fourth-order valence-corrected chi connectivity index (χ4v) is 7.03. The molecule has 4 heterocycles. The van der Waals surface area contributed by atoms with Crippen LogP contribution in [0, 0.1) is 23.2 Å². The van der Waals surface area contributed by atoms with Crippen molar-refractivity contribution in [3.8, 4) is 0 Å². The van der Waals surface area contributed by atoms with Crippen molar-refractivity contribution in [3.63, 3.8) is 0 Å². The summed E-state index contributed by atoms with van der Waals surface area (Å²) in [5.41, 5.74) is 7.16. The summed E-state index contributed by atoms with van der Waals surface area (Å²) < 4.78 is 0. The molecule has 1 aromatic heterocycles. The Balaban J connectivity index is 0.00000167.